The highest BCUT2D eigenvalue weighted by molar-refractivity contribution is 14.1. The van der Waals surface area contributed by atoms with E-state index in [1.54, 1.807) is 0 Å². The molecule has 1 nitrogen and oxygen atoms in total. The Hall–Kier alpha value is -1.47. The van der Waals surface area contributed by atoms with E-state index in [2.05, 4.69) is 64.0 Å². The lowest BCUT2D eigenvalue weighted by molar-refractivity contribution is 1.37. The first-order valence-electron chi connectivity index (χ1n) is 5.38. The topological polar surface area (TPSA) is 12.0 Å². The fraction of sp³-hybridized carbons (Fsp3) is 0.0667. The second kappa shape index (κ2) is 6.31. The predicted molar refractivity (Wildman–Crippen MR) is 81.0 cm³/mol. The number of benzene rings is 2. The Kier molecular flexibility index (Phi) is 4.45. The Labute approximate surface area is 115 Å². The van der Waals surface area contributed by atoms with Crippen LogP contribution in [0, 0.1) is 15.4 Å². The van der Waals surface area contributed by atoms with E-state index in [9.17, 15) is 0 Å². The van der Waals surface area contributed by atoms with Crippen LogP contribution in [0.3, 0.4) is 0 Å². The van der Waals surface area contributed by atoms with Gasteiger partial charge in [0.25, 0.3) is 0 Å². The highest BCUT2D eigenvalue weighted by Crippen LogP contribution is 2.10. The van der Waals surface area contributed by atoms with E-state index in [4.69, 9.17) is 0 Å². The number of hydrogen-bond acceptors (Lipinski definition) is 1. The van der Waals surface area contributed by atoms with Crippen molar-refractivity contribution in [3.8, 4) is 11.8 Å². The zero-order valence-corrected chi connectivity index (χ0v) is 11.4. The Bertz CT molecular complexity index is 520. The lowest BCUT2D eigenvalue weighted by atomic mass is 10.2. The lowest BCUT2D eigenvalue weighted by Gasteiger charge is -2.01. The summed E-state index contributed by atoms with van der Waals surface area (Å²) in [4.78, 5) is 0. The quantitative estimate of drug-likeness (QED) is 0.652. The fourth-order valence-electron chi connectivity index (χ4n) is 1.38. The molecule has 0 radical (unpaired) electrons. The van der Waals surface area contributed by atoms with Crippen LogP contribution in [0.2, 0.25) is 0 Å². The van der Waals surface area contributed by atoms with Crippen LogP contribution >= 0.6 is 22.6 Å². The van der Waals surface area contributed by atoms with E-state index in [0.717, 1.165) is 11.3 Å². The molecule has 2 aromatic rings. The summed E-state index contributed by atoms with van der Waals surface area (Å²) in [5.41, 5.74) is 2.16. The van der Waals surface area contributed by atoms with Gasteiger partial charge in [-0.25, -0.2) is 0 Å². The molecule has 0 bridgehead atoms. The van der Waals surface area contributed by atoms with Crippen LogP contribution in [0.4, 0.5) is 5.69 Å². The summed E-state index contributed by atoms with van der Waals surface area (Å²) in [6.07, 6.45) is 0. The minimum absolute atomic E-state index is 0.662. The van der Waals surface area contributed by atoms with Gasteiger partial charge < -0.3 is 5.32 Å². The van der Waals surface area contributed by atoms with Gasteiger partial charge in [-0.15, -0.1) is 0 Å². The first kappa shape index (κ1) is 12.0. The first-order valence-corrected chi connectivity index (χ1v) is 6.46. The lowest BCUT2D eigenvalue weighted by Crippen LogP contribution is -1.98. The average Bonchev–Trinajstić information content (AvgIpc) is 2.38. The van der Waals surface area contributed by atoms with Crippen LogP contribution in [0.1, 0.15) is 5.56 Å². The molecule has 2 aromatic carbocycles. The van der Waals surface area contributed by atoms with Crippen LogP contribution < -0.4 is 5.32 Å². The number of hydrogen-bond donors (Lipinski definition) is 1. The van der Waals surface area contributed by atoms with E-state index in [1.165, 1.54) is 3.57 Å². The summed E-state index contributed by atoms with van der Waals surface area (Å²) in [5, 5.41) is 3.27. The maximum atomic E-state index is 3.27. The summed E-state index contributed by atoms with van der Waals surface area (Å²) in [5.74, 6) is 6.21. The van der Waals surface area contributed by atoms with E-state index in [-0.39, 0.29) is 0 Å². The van der Waals surface area contributed by atoms with Crippen molar-refractivity contribution in [2.45, 2.75) is 0 Å². The Morgan fingerprint density at radius 3 is 2.35 bits per heavy atom. The standard InChI is InChI=1S/C15H12IN/c16-14-8-10-15(11-9-14)17-12-4-7-13-5-2-1-3-6-13/h1-3,5-6,8-11,17H,12H2. The van der Waals surface area contributed by atoms with Gasteiger partial charge in [0.15, 0.2) is 0 Å². The van der Waals surface area contributed by atoms with Crippen molar-refractivity contribution in [1.82, 2.24) is 0 Å². The molecule has 17 heavy (non-hydrogen) atoms. The second-order valence-corrected chi connectivity index (χ2v) is 4.77. The molecule has 0 aliphatic carbocycles. The number of halogens is 1. The summed E-state index contributed by atoms with van der Waals surface area (Å²) < 4.78 is 1.24. The summed E-state index contributed by atoms with van der Waals surface area (Å²) in [6.45, 7) is 0.662. The monoisotopic (exact) mass is 333 g/mol. The number of rotatable bonds is 2. The van der Waals surface area contributed by atoms with Gasteiger partial charge in [-0.1, -0.05) is 30.0 Å². The Morgan fingerprint density at radius 2 is 1.65 bits per heavy atom. The molecule has 0 heterocycles. The van der Waals surface area contributed by atoms with E-state index in [0.29, 0.717) is 6.54 Å². The molecule has 2 rings (SSSR count). The number of nitrogens with one attached hydrogen (secondary N) is 1. The third-order valence-corrected chi connectivity index (χ3v) is 2.95. The minimum Gasteiger partial charge on any atom is -0.374 e. The second-order valence-electron chi connectivity index (χ2n) is 3.53. The molecule has 2 heteroatoms. The molecule has 0 aliphatic rings. The molecule has 0 aromatic heterocycles. The first-order chi connectivity index (χ1) is 8.34. The molecule has 0 amide bonds. The molecule has 0 aliphatic heterocycles. The van der Waals surface area contributed by atoms with Gasteiger partial charge in [0, 0.05) is 14.8 Å². The highest BCUT2D eigenvalue weighted by Gasteiger charge is 1.89. The van der Waals surface area contributed by atoms with Crippen molar-refractivity contribution < 1.29 is 0 Å². The van der Waals surface area contributed by atoms with Crippen molar-refractivity contribution in [1.29, 1.82) is 0 Å². The normalized spacial score (nSPS) is 9.24. The van der Waals surface area contributed by atoms with Crippen LogP contribution in [0.25, 0.3) is 0 Å². The number of anilines is 1. The van der Waals surface area contributed by atoms with Crippen molar-refractivity contribution in [2.24, 2.45) is 0 Å². The molecule has 0 spiro atoms. The van der Waals surface area contributed by atoms with Crippen LogP contribution in [-0.2, 0) is 0 Å². The summed E-state index contributed by atoms with van der Waals surface area (Å²) in [7, 11) is 0. The van der Waals surface area contributed by atoms with Crippen molar-refractivity contribution in [3.05, 3.63) is 63.7 Å². The highest BCUT2D eigenvalue weighted by atomic mass is 127. The van der Waals surface area contributed by atoms with Gasteiger partial charge in [-0.05, 0) is 59.0 Å². The van der Waals surface area contributed by atoms with Gasteiger partial charge >= 0.3 is 0 Å². The average molecular weight is 333 g/mol. The Balaban J connectivity index is 1.88. The molecule has 0 atom stereocenters. The van der Waals surface area contributed by atoms with Crippen LogP contribution in [0.15, 0.2) is 54.6 Å². The van der Waals surface area contributed by atoms with Gasteiger partial charge in [0.05, 0.1) is 6.54 Å². The van der Waals surface area contributed by atoms with Gasteiger partial charge in [0.1, 0.15) is 0 Å². The van der Waals surface area contributed by atoms with Gasteiger partial charge in [-0.2, -0.15) is 0 Å². The third kappa shape index (κ3) is 4.12. The maximum absolute atomic E-state index is 3.27. The third-order valence-electron chi connectivity index (χ3n) is 2.23. The molecule has 0 saturated heterocycles. The SMILES string of the molecule is Ic1ccc(NCC#Cc2ccccc2)cc1. The Morgan fingerprint density at radius 1 is 0.941 bits per heavy atom. The van der Waals surface area contributed by atoms with Crippen LogP contribution in [0.5, 0.6) is 0 Å². The molecule has 0 saturated carbocycles. The summed E-state index contributed by atoms with van der Waals surface area (Å²) in [6, 6.07) is 18.3. The molecular weight excluding hydrogens is 321 g/mol. The molecule has 1 N–H and O–H groups in total. The zero-order chi connectivity index (χ0) is 11.9. The maximum Gasteiger partial charge on any atom is 0.0769 e. The largest absolute Gasteiger partial charge is 0.374 e. The molecule has 84 valence electrons. The zero-order valence-electron chi connectivity index (χ0n) is 9.28. The molecule has 0 fully saturated rings. The van der Waals surface area contributed by atoms with Crippen molar-refractivity contribution >= 4 is 28.3 Å². The smallest absolute Gasteiger partial charge is 0.0769 e. The van der Waals surface area contributed by atoms with Crippen molar-refractivity contribution in [2.75, 3.05) is 11.9 Å². The fourth-order valence-corrected chi connectivity index (χ4v) is 1.74. The van der Waals surface area contributed by atoms with E-state index < -0.39 is 0 Å². The molecular formula is C15H12IN. The summed E-state index contributed by atoms with van der Waals surface area (Å²) >= 11 is 2.29. The van der Waals surface area contributed by atoms with Gasteiger partial charge in [-0.3, -0.25) is 0 Å². The van der Waals surface area contributed by atoms with Crippen molar-refractivity contribution in [3.63, 3.8) is 0 Å². The minimum atomic E-state index is 0.662. The van der Waals surface area contributed by atoms with Gasteiger partial charge in [0.2, 0.25) is 0 Å². The van der Waals surface area contributed by atoms with E-state index >= 15 is 0 Å². The predicted octanol–water partition coefficient (Wildman–Crippen LogP) is 3.75. The molecule has 0 unspecified atom stereocenters. The van der Waals surface area contributed by atoms with Crippen LogP contribution in [-0.4, -0.2) is 6.54 Å². The van der Waals surface area contributed by atoms with E-state index in [1.807, 2.05) is 30.3 Å².